The number of nitrogen functional groups attached to an aromatic ring is 1. The third-order valence-electron chi connectivity index (χ3n) is 3.29. The Hall–Kier alpha value is -2.47. The molecular weight excluding hydrogens is 248 g/mol. The first-order valence-corrected chi connectivity index (χ1v) is 6.50. The van der Waals surface area contributed by atoms with E-state index in [0.717, 1.165) is 28.0 Å². The molecule has 2 aromatic carbocycles. The molecule has 0 spiro atoms. The lowest BCUT2D eigenvalue weighted by Crippen LogP contribution is -2.02. The van der Waals surface area contributed by atoms with Crippen LogP contribution in [0.2, 0.25) is 0 Å². The molecule has 0 aromatic heterocycles. The monoisotopic (exact) mass is 266 g/mol. The van der Waals surface area contributed by atoms with Crippen molar-refractivity contribution in [1.29, 1.82) is 5.26 Å². The molecule has 102 valence electrons. The summed E-state index contributed by atoms with van der Waals surface area (Å²) in [5.41, 5.74) is 11.6. The quantitative estimate of drug-likeness (QED) is 0.863. The van der Waals surface area contributed by atoms with Gasteiger partial charge in [0, 0.05) is 0 Å². The van der Waals surface area contributed by atoms with Crippen LogP contribution in [0.4, 0.5) is 5.69 Å². The summed E-state index contributed by atoms with van der Waals surface area (Å²) >= 11 is 0. The maximum absolute atomic E-state index is 8.86. The van der Waals surface area contributed by atoms with Crippen molar-refractivity contribution in [2.45, 2.75) is 27.4 Å². The highest BCUT2D eigenvalue weighted by atomic mass is 16.5. The van der Waals surface area contributed by atoms with Gasteiger partial charge in [-0.25, -0.2) is 0 Å². The third-order valence-corrected chi connectivity index (χ3v) is 3.29. The molecule has 2 N–H and O–H groups in total. The zero-order valence-electron chi connectivity index (χ0n) is 12.0. The van der Waals surface area contributed by atoms with Crippen LogP contribution in [-0.4, -0.2) is 0 Å². The molecule has 0 saturated heterocycles. The van der Waals surface area contributed by atoms with Crippen molar-refractivity contribution in [3.05, 3.63) is 58.1 Å². The molecule has 0 amide bonds. The summed E-state index contributed by atoms with van der Waals surface area (Å²) in [4.78, 5) is 0. The lowest BCUT2D eigenvalue weighted by atomic mass is 10.1. The largest absolute Gasteiger partial charge is 0.486 e. The molecule has 3 heteroatoms. The normalized spacial score (nSPS) is 10.1. The van der Waals surface area contributed by atoms with Gasteiger partial charge in [0.25, 0.3) is 0 Å². The third kappa shape index (κ3) is 2.92. The fourth-order valence-electron chi connectivity index (χ4n) is 2.26. The molecule has 0 saturated carbocycles. The Labute approximate surface area is 119 Å². The Morgan fingerprint density at radius 1 is 1.10 bits per heavy atom. The van der Waals surface area contributed by atoms with Gasteiger partial charge in [-0.15, -0.1) is 0 Å². The molecule has 2 aromatic rings. The number of hydrogen-bond donors (Lipinski definition) is 1. The van der Waals surface area contributed by atoms with Crippen molar-refractivity contribution in [2.24, 2.45) is 0 Å². The predicted molar refractivity (Wildman–Crippen MR) is 80.6 cm³/mol. The summed E-state index contributed by atoms with van der Waals surface area (Å²) in [6.07, 6.45) is 0. The fourth-order valence-corrected chi connectivity index (χ4v) is 2.26. The number of nitrogens with zero attached hydrogens (tertiary/aromatic N) is 1. The minimum absolute atomic E-state index is 0.450. The van der Waals surface area contributed by atoms with Crippen molar-refractivity contribution >= 4 is 5.69 Å². The Balaban J connectivity index is 2.20. The molecule has 0 atom stereocenters. The molecule has 0 aliphatic carbocycles. The summed E-state index contributed by atoms with van der Waals surface area (Å²) < 4.78 is 5.86. The molecule has 0 radical (unpaired) electrons. The second-order valence-corrected chi connectivity index (χ2v) is 5.04. The molecule has 0 unspecified atom stereocenters. The molecule has 0 fully saturated rings. The number of nitrogens with two attached hydrogens (primary N) is 1. The first-order chi connectivity index (χ1) is 9.51. The van der Waals surface area contributed by atoms with E-state index >= 15 is 0 Å². The molecule has 3 nitrogen and oxygen atoms in total. The van der Waals surface area contributed by atoms with E-state index in [4.69, 9.17) is 15.7 Å². The maximum atomic E-state index is 8.86. The van der Waals surface area contributed by atoms with E-state index in [1.54, 1.807) is 6.07 Å². The highest BCUT2D eigenvalue weighted by molar-refractivity contribution is 5.58. The molecule has 0 aliphatic rings. The molecule has 0 aliphatic heterocycles. The van der Waals surface area contributed by atoms with E-state index < -0.39 is 0 Å². The minimum Gasteiger partial charge on any atom is -0.486 e. The van der Waals surface area contributed by atoms with Gasteiger partial charge in [-0.1, -0.05) is 12.1 Å². The van der Waals surface area contributed by atoms with Crippen LogP contribution in [0, 0.1) is 32.1 Å². The van der Waals surface area contributed by atoms with E-state index in [-0.39, 0.29) is 0 Å². The zero-order valence-corrected chi connectivity index (χ0v) is 12.0. The summed E-state index contributed by atoms with van der Waals surface area (Å²) in [5, 5.41) is 8.86. The van der Waals surface area contributed by atoms with E-state index in [1.807, 2.05) is 39.0 Å². The molecule has 0 bridgehead atoms. The number of benzene rings is 2. The highest BCUT2D eigenvalue weighted by Crippen LogP contribution is 2.28. The van der Waals surface area contributed by atoms with Crippen LogP contribution in [0.25, 0.3) is 0 Å². The number of ether oxygens (including phenoxy) is 1. The zero-order chi connectivity index (χ0) is 14.7. The van der Waals surface area contributed by atoms with E-state index in [1.165, 1.54) is 0 Å². The molecular formula is C17H18N2O. The van der Waals surface area contributed by atoms with Gasteiger partial charge in [-0.2, -0.15) is 5.26 Å². The van der Waals surface area contributed by atoms with Crippen LogP contribution in [0.15, 0.2) is 30.3 Å². The molecule has 2 rings (SSSR count). The van der Waals surface area contributed by atoms with Crippen LogP contribution in [0.5, 0.6) is 5.75 Å². The van der Waals surface area contributed by atoms with Gasteiger partial charge in [-0.05, 0) is 61.2 Å². The van der Waals surface area contributed by atoms with Crippen LogP contribution < -0.4 is 10.5 Å². The van der Waals surface area contributed by atoms with Crippen molar-refractivity contribution in [2.75, 3.05) is 5.73 Å². The van der Waals surface area contributed by atoms with Crippen molar-refractivity contribution in [3.63, 3.8) is 0 Å². The van der Waals surface area contributed by atoms with Gasteiger partial charge < -0.3 is 10.5 Å². The van der Waals surface area contributed by atoms with E-state index in [2.05, 4.69) is 12.1 Å². The van der Waals surface area contributed by atoms with Gasteiger partial charge in [0.2, 0.25) is 0 Å². The van der Waals surface area contributed by atoms with Gasteiger partial charge in [0.15, 0.2) is 0 Å². The Kier molecular flexibility index (Phi) is 3.95. The molecule has 0 heterocycles. The number of nitriles is 1. The standard InChI is InChI=1S/C17H18N2O/c1-11-6-13(3)17(16(19)7-11)20-10-15-5-4-14(9-18)8-12(15)2/h4-8H,10,19H2,1-3H3. The first kappa shape index (κ1) is 14.0. The Morgan fingerprint density at radius 2 is 1.85 bits per heavy atom. The Morgan fingerprint density at radius 3 is 2.45 bits per heavy atom. The summed E-state index contributed by atoms with van der Waals surface area (Å²) in [7, 11) is 0. The molecule has 20 heavy (non-hydrogen) atoms. The van der Waals surface area contributed by atoms with Crippen molar-refractivity contribution in [3.8, 4) is 11.8 Å². The topological polar surface area (TPSA) is 59.0 Å². The van der Waals surface area contributed by atoms with Crippen LogP contribution in [0.3, 0.4) is 0 Å². The van der Waals surface area contributed by atoms with Gasteiger partial charge >= 0.3 is 0 Å². The summed E-state index contributed by atoms with van der Waals surface area (Å²) in [5.74, 6) is 0.736. The highest BCUT2D eigenvalue weighted by Gasteiger charge is 2.07. The van der Waals surface area contributed by atoms with Crippen molar-refractivity contribution in [1.82, 2.24) is 0 Å². The van der Waals surface area contributed by atoms with Crippen LogP contribution in [0.1, 0.15) is 27.8 Å². The van der Waals surface area contributed by atoms with Gasteiger partial charge in [0.1, 0.15) is 12.4 Å². The van der Waals surface area contributed by atoms with Gasteiger partial charge in [-0.3, -0.25) is 0 Å². The summed E-state index contributed by atoms with van der Waals surface area (Å²) in [6, 6.07) is 11.7. The average molecular weight is 266 g/mol. The first-order valence-electron chi connectivity index (χ1n) is 6.50. The number of anilines is 1. The van der Waals surface area contributed by atoms with Crippen LogP contribution >= 0.6 is 0 Å². The summed E-state index contributed by atoms with van der Waals surface area (Å²) in [6.45, 7) is 6.43. The maximum Gasteiger partial charge on any atom is 0.145 e. The van der Waals surface area contributed by atoms with Crippen molar-refractivity contribution < 1.29 is 4.74 Å². The lowest BCUT2D eigenvalue weighted by molar-refractivity contribution is 0.305. The lowest BCUT2D eigenvalue weighted by Gasteiger charge is -2.14. The predicted octanol–water partition coefficient (Wildman–Crippen LogP) is 3.64. The van der Waals surface area contributed by atoms with E-state index in [9.17, 15) is 0 Å². The van der Waals surface area contributed by atoms with E-state index in [0.29, 0.717) is 17.9 Å². The number of rotatable bonds is 3. The number of aryl methyl sites for hydroxylation is 3. The Bertz CT molecular complexity index is 661. The van der Waals surface area contributed by atoms with Gasteiger partial charge in [0.05, 0.1) is 17.3 Å². The second-order valence-electron chi connectivity index (χ2n) is 5.04. The second kappa shape index (κ2) is 5.66. The SMILES string of the molecule is Cc1cc(C)c(OCc2ccc(C#N)cc2C)c(N)c1. The number of hydrogen-bond acceptors (Lipinski definition) is 3. The minimum atomic E-state index is 0.450. The average Bonchev–Trinajstić information content (AvgIpc) is 2.39. The van der Waals surface area contributed by atoms with Crippen LogP contribution in [-0.2, 0) is 6.61 Å². The smallest absolute Gasteiger partial charge is 0.145 e. The fraction of sp³-hybridized carbons (Fsp3) is 0.235.